The highest BCUT2D eigenvalue weighted by molar-refractivity contribution is 7.13. The number of pyridine rings is 1. The number of imidazole rings is 1. The van der Waals surface area contributed by atoms with E-state index in [4.69, 9.17) is 16.6 Å². The summed E-state index contributed by atoms with van der Waals surface area (Å²) in [5, 5.41) is 2.80. The van der Waals surface area contributed by atoms with Crippen molar-refractivity contribution >= 4 is 22.9 Å². The Morgan fingerprint density at radius 1 is 0.724 bits per heavy atom. The van der Waals surface area contributed by atoms with Crippen molar-refractivity contribution in [3.05, 3.63) is 95.6 Å². The number of benzene rings is 2. The van der Waals surface area contributed by atoms with Gasteiger partial charge in [0.1, 0.15) is 5.82 Å². The van der Waals surface area contributed by atoms with E-state index >= 15 is 0 Å². The average Bonchev–Trinajstić information content (AvgIpc) is 3.46. The van der Waals surface area contributed by atoms with Crippen molar-refractivity contribution in [2.75, 3.05) is 0 Å². The fraction of sp³-hybridized carbons (Fsp3) is 0. The molecule has 3 heterocycles. The van der Waals surface area contributed by atoms with Gasteiger partial charge in [0.25, 0.3) is 0 Å². The van der Waals surface area contributed by atoms with Crippen LogP contribution in [0.15, 0.2) is 90.6 Å². The molecule has 0 aliphatic heterocycles. The van der Waals surface area contributed by atoms with Gasteiger partial charge in [0, 0.05) is 39.0 Å². The predicted molar refractivity (Wildman–Crippen MR) is 121 cm³/mol. The van der Waals surface area contributed by atoms with E-state index in [-0.39, 0.29) is 0 Å². The van der Waals surface area contributed by atoms with Gasteiger partial charge in [-0.3, -0.25) is 4.98 Å². The first kappa shape index (κ1) is 17.9. The molecule has 0 atom stereocenters. The first-order valence-corrected chi connectivity index (χ1v) is 10.4. The van der Waals surface area contributed by atoms with Gasteiger partial charge < -0.3 is 4.98 Å². The summed E-state index contributed by atoms with van der Waals surface area (Å²) in [5.41, 5.74) is 6.20. The fourth-order valence-corrected chi connectivity index (χ4v) is 4.15. The van der Waals surface area contributed by atoms with Gasteiger partial charge in [-0.05, 0) is 53.4 Å². The monoisotopic (exact) mass is 413 g/mol. The second kappa shape index (κ2) is 7.66. The lowest BCUT2D eigenvalue weighted by atomic mass is 10.0. The zero-order chi connectivity index (χ0) is 19.6. The van der Waals surface area contributed by atoms with Crippen molar-refractivity contribution in [2.45, 2.75) is 0 Å². The number of nitrogens with one attached hydrogen (secondary N) is 1. The second-order valence-corrected chi connectivity index (χ2v) is 7.99. The van der Waals surface area contributed by atoms with E-state index in [0.29, 0.717) is 5.02 Å². The second-order valence-electron chi connectivity index (χ2n) is 6.61. The third-order valence-corrected chi connectivity index (χ3v) is 5.93. The molecule has 0 aliphatic carbocycles. The summed E-state index contributed by atoms with van der Waals surface area (Å²) in [4.78, 5) is 13.8. The maximum atomic E-state index is 6.05. The highest BCUT2D eigenvalue weighted by atomic mass is 35.5. The summed E-state index contributed by atoms with van der Waals surface area (Å²) in [7, 11) is 0. The number of halogens is 1. The minimum absolute atomic E-state index is 0.707. The molecule has 0 aliphatic rings. The quantitative estimate of drug-likeness (QED) is 0.338. The van der Waals surface area contributed by atoms with Gasteiger partial charge in [0.15, 0.2) is 0 Å². The number of aromatic nitrogens is 3. The van der Waals surface area contributed by atoms with Gasteiger partial charge >= 0.3 is 0 Å². The van der Waals surface area contributed by atoms with Crippen LogP contribution < -0.4 is 0 Å². The number of hydrogen-bond donors (Lipinski definition) is 1. The molecule has 3 aromatic heterocycles. The van der Waals surface area contributed by atoms with Crippen LogP contribution in [0.5, 0.6) is 0 Å². The Balaban J connectivity index is 1.61. The Morgan fingerprint density at radius 3 is 2.10 bits per heavy atom. The van der Waals surface area contributed by atoms with E-state index in [1.165, 1.54) is 10.4 Å². The minimum atomic E-state index is 0.707. The summed E-state index contributed by atoms with van der Waals surface area (Å²) in [6, 6.07) is 24.4. The van der Waals surface area contributed by atoms with Crippen molar-refractivity contribution in [3.63, 3.8) is 0 Å². The van der Waals surface area contributed by atoms with Crippen LogP contribution in [-0.2, 0) is 0 Å². The topological polar surface area (TPSA) is 41.6 Å². The first-order valence-electron chi connectivity index (χ1n) is 9.18. The van der Waals surface area contributed by atoms with Crippen molar-refractivity contribution in [3.8, 4) is 44.3 Å². The highest BCUT2D eigenvalue weighted by Crippen LogP contribution is 2.34. The molecule has 29 heavy (non-hydrogen) atoms. The zero-order valence-corrected chi connectivity index (χ0v) is 16.9. The van der Waals surface area contributed by atoms with Crippen molar-refractivity contribution in [1.82, 2.24) is 15.0 Å². The van der Waals surface area contributed by atoms with E-state index in [9.17, 15) is 0 Å². The summed E-state index contributed by atoms with van der Waals surface area (Å²) in [5.74, 6) is 0.811. The molecule has 2 aromatic carbocycles. The van der Waals surface area contributed by atoms with Crippen LogP contribution in [0.4, 0.5) is 0 Å². The molecule has 140 valence electrons. The minimum Gasteiger partial charge on any atom is -0.337 e. The lowest BCUT2D eigenvalue weighted by Gasteiger charge is -2.04. The first-order chi connectivity index (χ1) is 14.3. The Morgan fingerprint density at radius 2 is 1.41 bits per heavy atom. The lowest BCUT2D eigenvalue weighted by Crippen LogP contribution is -1.84. The maximum Gasteiger partial charge on any atom is 0.138 e. The predicted octanol–water partition coefficient (Wildman–Crippen LogP) is 7.19. The van der Waals surface area contributed by atoms with Crippen LogP contribution in [0.25, 0.3) is 44.3 Å². The molecule has 0 bridgehead atoms. The Kier molecular flexibility index (Phi) is 4.72. The molecular formula is C24H16ClN3S. The van der Waals surface area contributed by atoms with Gasteiger partial charge in [0.05, 0.1) is 11.4 Å². The molecule has 5 rings (SSSR count). The molecule has 0 radical (unpaired) electrons. The van der Waals surface area contributed by atoms with Crippen LogP contribution in [0.2, 0.25) is 5.02 Å². The SMILES string of the molecule is Clc1ccc(-c2nc(-c3ccc(-c4cccs4)cc3)c(-c3ccncc3)[nH]2)cc1. The Labute approximate surface area is 177 Å². The number of thiophene rings is 1. The van der Waals surface area contributed by atoms with Crippen molar-refractivity contribution < 1.29 is 0 Å². The number of H-pyrrole nitrogens is 1. The molecule has 0 spiro atoms. The Bertz CT molecular complexity index is 1230. The van der Waals surface area contributed by atoms with Crippen LogP contribution in [0.1, 0.15) is 0 Å². The smallest absolute Gasteiger partial charge is 0.138 e. The van der Waals surface area contributed by atoms with E-state index in [1.807, 2.05) is 36.4 Å². The molecule has 0 saturated carbocycles. The largest absolute Gasteiger partial charge is 0.337 e. The molecule has 1 N–H and O–H groups in total. The van der Waals surface area contributed by atoms with E-state index in [2.05, 4.69) is 51.7 Å². The molecule has 5 heteroatoms. The van der Waals surface area contributed by atoms with Crippen molar-refractivity contribution in [1.29, 1.82) is 0 Å². The van der Waals surface area contributed by atoms with Gasteiger partial charge in [0.2, 0.25) is 0 Å². The third kappa shape index (κ3) is 3.60. The van der Waals surface area contributed by atoms with Crippen molar-refractivity contribution in [2.24, 2.45) is 0 Å². The lowest BCUT2D eigenvalue weighted by molar-refractivity contribution is 1.30. The highest BCUT2D eigenvalue weighted by Gasteiger charge is 2.15. The summed E-state index contributed by atoms with van der Waals surface area (Å²) in [6.07, 6.45) is 3.59. The molecule has 0 saturated heterocycles. The number of rotatable bonds is 4. The summed E-state index contributed by atoms with van der Waals surface area (Å²) in [6.45, 7) is 0. The molecule has 0 unspecified atom stereocenters. The van der Waals surface area contributed by atoms with Gasteiger partial charge in [-0.1, -0.05) is 41.9 Å². The molecule has 0 fully saturated rings. The standard InChI is InChI=1S/C24H16ClN3S/c25-20-9-7-19(8-10-20)24-27-22(23(28-24)18-11-13-26-14-12-18)17-5-3-16(4-6-17)21-2-1-15-29-21/h1-15H,(H,27,28). The third-order valence-electron chi connectivity index (χ3n) is 4.75. The van der Waals surface area contributed by atoms with Crippen LogP contribution in [-0.4, -0.2) is 15.0 Å². The normalized spacial score (nSPS) is 10.9. The number of hydrogen-bond acceptors (Lipinski definition) is 3. The van der Waals surface area contributed by atoms with Gasteiger partial charge in [-0.15, -0.1) is 11.3 Å². The van der Waals surface area contributed by atoms with E-state index in [0.717, 1.165) is 33.9 Å². The molecule has 5 aromatic rings. The molecular weight excluding hydrogens is 398 g/mol. The number of aromatic amines is 1. The van der Waals surface area contributed by atoms with Gasteiger partial charge in [-0.25, -0.2) is 4.98 Å². The van der Waals surface area contributed by atoms with Crippen LogP contribution >= 0.6 is 22.9 Å². The fourth-order valence-electron chi connectivity index (χ4n) is 3.29. The number of nitrogens with zero attached hydrogens (tertiary/aromatic N) is 2. The van der Waals surface area contributed by atoms with E-state index in [1.54, 1.807) is 23.7 Å². The summed E-state index contributed by atoms with van der Waals surface area (Å²) >= 11 is 7.79. The summed E-state index contributed by atoms with van der Waals surface area (Å²) < 4.78 is 0. The molecule has 0 amide bonds. The van der Waals surface area contributed by atoms with Crippen LogP contribution in [0.3, 0.4) is 0 Å². The maximum absolute atomic E-state index is 6.05. The zero-order valence-electron chi connectivity index (χ0n) is 15.3. The van der Waals surface area contributed by atoms with Gasteiger partial charge in [-0.2, -0.15) is 0 Å². The molecule has 3 nitrogen and oxygen atoms in total. The van der Waals surface area contributed by atoms with E-state index < -0.39 is 0 Å². The Hall–Kier alpha value is -3.21. The average molecular weight is 414 g/mol. The van der Waals surface area contributed by atoms with Crippen LogP contribution in [0, 0.1) is 0 Å².